The van der Waals surface area contributed by atoms with Crippen molar-refractivity contribution < 1.29 is 5.11 Å². The SMILES string of the molecule is Cc1cncc(-c2cn(C(=N)C(C)C)c(=N)c(NCCc3ccc(O)cc3)n2)c1. The molecule has 0 aliphatic heterocycles. The summed E-state index contributed by atoms with van der Waals surface area (Å²) in [5.74, 6) is 0.971. The molecular formula is C22H26N6O. The number of hydrogen-bond donors (Lipinski definition) is 4. The van der Waals surface area contributed by atoms with Crippen LogP contribution in [-0.2, 0) is 6.42 Å². The number of phenolic OH excluding ortho intramolecular Hbond substituents is 1. The zero-order valence-corrected chi connectivity index (χ0v) is 16.9. The minimum absolute atomic E-state index is 0.0279. The lowest BCUT2D eigenvalue weighted by atomic mass is 10.1. The first-order valence-electron chi connectivity index (χ1n) is 9.56. The van der Waals surface area contributed by atoms with Gasteiger partial charge in [-0.05, 0) is 42.7 Å². The Labute approximate surface area is 170 Å². The van der Waals surface area contributed by atoms with Crippen LogP contribution in [0.25, 0.3) is 11.3 Å². The van der Waals surface area contributed by atoms with Crippen LogP contribution < -0.4 is 10.8 Å². The third kappa shape index (κ3) is 4.87. The molecule has 0 fully saturated rings. The van der Waals surface area contributed by atoms with E-state index in [9.17, 15) is 5.11 Å². The second-order valence-corrected chi connectivity index (χ2v) is 7.33. The Balaban J connectivity index is 1.92. The van der Waals surface area contributed by atoms with E-state index in [1.54, 1.807) is 35.3 Å². The average molecular weight is 390 g/mol. The number of nitrogens with zero attached hydrogens (tertiary/aromatic N) is 3. The minimum atomic E-state index is -0.0279. The maximum atomic E-state index is 9.40. The highest BCUT2D eigenvalue weighted by Gasteiger charge is 2.13. The molecule has 29 heavy (non-hydrogen) atoms. The van der Waals surface area contributed by atoms with Gasteiger partial charge < -0.3 is 10.4 Å². The van der Waals surface area contributed by atoms with Crippen LogP contribution in [0.1, 0.15) is 25.0 Å². The normalized spacial score (nSPS) is 10.9. The molecule has 0 saturated carbocycles. The molecule has 0 saturated heterocycles. The number of nitrogens with one attached hydrogen (secondary N) is 3. The lowest BCUT2D eigenvalue weighted by molar-refractivity contribution is 0.475. The second kappa shape index (κ2) is 8.68. The molecule has 0 aliphatic carbocycles. The number of pyridine rings is 1. The zero-order valence-electron chi connectivity index (χ0n) is 16.9. The van der Waals surface area contributed by atoms with Crippen molar-refractivity contribution in [2.24, 2.45) is 5.92 Å². The summed E-state index contributed by atoms with van der Waals surface area (Å²) < 4.78 is 1.57. The summed E-state index contributed by atoms with van der Waals surface area (Å²) in [5.41, 5.74) is 3.75. The van der Waals surface area contributed by atoms with E-state index in [0.29, 0.717) is 23.9 Å². The fourth-order valence-corrected chi connectivity index (χ4v) is 2.92. The number of benzene rings is 1. The van der Waals surface area contributed by atoms with Crippen LogP contribution in [0.5, 0.6) is 5.75 Å². The highest BCUT2D eigenvalue weighted by atomic mass is 16.3. The summed E-state index contributed by atoms with van der Waals surface area (Å²) in [6.45, 7) is 6.41. The van der Waals surface area contributed by atoms with Gasteiger partial charge in [-0.15, -0.1) is 0 Å². The number of aromatic nitrogens is 3. The first-order valence-corrected chi connectivity index (χ1v) is 9.56. The van der Waals surface area contributed by atoms with Crippen molar-refractivity contribution in [2.75, 3.05) is 11.9 Å². The maximum Gasteiger partial charge on any atom is 0.173 e. The average Bonchev–Trinajstić information content (AvgIpc) is 2.70. The molecule has 3 aromatic rings. The van der Waals surface area contributed by atoms with Gasteiger partial charge >= 0.3 is 0 Å². The van der Waals surface area contributed by atoms with Crippen LogP contribution in [-0.4, -0.2) is 32.0 Å². The molecule has 4 N–H and O–H groups in total. The molecule has 0 radical (unpaired) electrons. The van der Waals surface area contributed by atoms with Gasteiger partial charge in [-0.3, -0.25) is 20.4 Å². The van der Waals surface area contributed by atoms with E-state index in [1.807, 2.05) is 39.0 Å². The van der Waals surface area contributed by atoms with E-state index in [0.717, 1.165) is 23.1 Å². The number of aryl methyl sites for hydroxylation is 1. The van der Waals surface area contributed by atoms with Gasteiger partial charge in [0.1, 0.15) is 11.6 Å². The molecule has 0 spiro atoms. The zero-order chi connectivity index (χ0) is 21.0. The van der Waals surface area contributed by atoms with Gasteiger partial charge in [0.2, 0.25) is 0 Å². The van der Waals surface area contributed by atoms with Crippen LogP contribution in [0.15, 0.2) is 48.9 Å². The van der Waals surface area contributed by atoms with Crippen molar-refractivity contribution in [3.8, 4) is 17.0 Å². The van der Waals surface area contributed by atoms with Crippen LogP contribution in [0, 0.1) is 23.7 Å². The van der Waals surface area contributed by atoms with Crippen LogP contribution in [0.3, 0.4) is 0 Å². The maximum absolute atomic E-state index is 9.40. The molecule has 0 unspecified atom stereocenters. The van der Waals surface area contributed by atoms with Gasteiger partial charge in [0, 0.05) is 36.6 Å². The Morgan fingerprint density at radius 3 is 2.59 bits per heavy atom. The number of rotatable bonds is 6. The van der Waals surface area contributed by atoms with E-state index in [-0.39, 0.29) is 17.2 Å². The van der Waals surface area contributed by atoms with Crippen molar-refractivity contribution in [2.45, 2.75) is 27.2 Å². The van der Waals surface area contributed by atoms with Gasteiger partial charge in [-0.2, -0.15) is 0 Å². The summed E-state index contributed by atoms with van der Waals surface area (Å²) in [6.07, 6.45) is 5.97. The van der Waals surface area contributed by atoms with E-state index in [1.165, 1.54) is 0 Å². The quantitative estimate of drug-likeness (QED) is 0.381. The highest BCUT2D eigenvalue weighted by Crippen LogP contribution is 2.18. The van der Waals surface area contributed by atoms with Gasteiger partial charge in [0.25, 0.3) is 0 Å². The third-order valence-corrected chi connectivity index (χ3v) is 4.57. The van der Waals surface area contributed by atoms with Crippen molar-refractivity contribution >= 4 is 11.7 Å². The molecule has 3 rings (SSSR count). The van der Waals surface area contributed by atoms with Gasteiger partial charge in [-0.25, -0.2) is 4.98 Å². The lowest BCUT2D eigenvalue weighted by Crippen LogP contribution is -2.33. The molecule has 7 nitrogen and oxygen atoms in total. The number of phenols is 1. The molecule has 0 atom stereocenters. The van der Waals surface area contributed by atoms with E-state index >= 15 is 0 Å². The number of anilines is 1. The smallest absolute Gasteiger partial charge is 0.173 e. The Morgan fingerprint density at radius 2 is 1.93 bits per heavy atom. The highest BCUT2D eigenvalue weighted by molar-refractivity contribution is 5.84. The fourth-order valence-electron chi connectivity index (χ4n) is 2.92. The Morgan fingerprint density at radius 1 is 1.21 bits per heavy atom. The van der Waals surface area contributed by atoms with E-state index < -0.39 is 0 Å². The number of aromatic hydroxyl groups is 1. The van der Waals surface area contributed by atoms with Gasteiger partial charge in [0.15, 0.2) is 11.3 Å². The number of hydrogen-bond acceptors (Lipinski definition) is 6. The summed E-state index contributed by atoms with van der Waals surface area (Å²) in [7, 11) is 0. The van der Waals surface area contributed by atoms with Gasteiger partial charge in [0.05, 0.1) is 5.69 Å². The summed E-state index contributed by atoms with van der Waals surface area (Å²) in [4.78, 5) is 8.88. The molecule has 150 valence electrons. The van der Waals surface area contributed by atoms with Crippen molar-refractivity contribution in [3.05, 3.63) is 65.5 Å². The van der Waals surface area contributed by atoms with Crippen molar-refractivity contribution in [1.29, 1.82) is 10.8 Å². The largest absolute Gasteiger partial charge is 0.508 e. The Hall–Kier alpha value is -3.48. The lowest BCUT2D eigenvalue weighted by Gasteiger charge is -2.16. The Kier molecular flexibility index (Phi) is 6.07. The molecule has 2 aromatic heterocycles. The molecular weight excluding hydrogens is 364 g/mol. The van der Waals surface area contributed by atoms with Crippen molar-refractivity contribution in [1.82, 2.24) is 14.5 Å². The topological polar surface area (TPSA) is 111 Å². The second-order valence-electron chi connectivity index (χ2n) is 7.33. The molecule has 2 heterocycles. The Bertz CT molecular complexity index is 1070. The standard InChI is InChI=1S/C22H26N6O/c1-14(2)20(23)28-13-19(17-10-15(3)11-25-12-17)27-22(21(28)24)26-9-8-16-4-6-18(29)7-5-16/h4-7,10-14,23-24,29H,8-9H2,1-3H3,(H,26,27). The molecule has 1 aromatic carbocycles. The minimum Gasteiger partial charge on any atom is -0.508 e. The molecule has 0 bridgehead atoms. The third-order valence-electron chi connectivity index (χ3n) is 4.57. The molecule has 7 heteroatoms. The van der Waals surface area contributed by atoms with Crippen molar-refractivity contribution in [3.63, 3.8) is 0 Å². The first-order chi connectivity index (χ1) is 13.8. The fraction of sp³-hybridized carbons (Fsp3) is 0.273. The summed E-state index contributed by atoms with van der Waals surface area (Å²) >= 11 is 0. The summed E-state index contributed by atoms with van der Waals surface area (Å²) in [5, 5.41) is 29.6. The van der Waals surface area contributed by atoms with Crippen LogP contribution in [0.2, 0.25) is 0 Å². The van der Waals surface area contributed by atoms with Crippen LogP contribution in [0.4, 0.5) is 5.82 Å². The monoisotopic (exact) mass is 390 g/mol. The molecule has 0 amide bonds. The first kappa shape index (κ1) is 20.3. The summed E-state index contributed by atoms with van der Waals surface area (Å²) in [6, 6.07) is 9.05. The van der Waals surface area contributed by atoms with Gasteiger partial charge in [-0.1, -0.05) is 26.0 Å². The predicted octanol–water partition coefficient (Wildman–Crippen LogP) is 3.57. The predicted molar refractivity (Wildman–Crippen MR) is 114 cm³/mol. The molecule has 0 aliphatic rings. The van der Waals surface area contributed by atoms with E-state index in [4.69, 9.17) is 10.8 Å². The van der Waals surface area contributed by atoms with E-state index in [2.05, 4.69) is 15.3 Å². The van der Waals surface area contributed by atoms with Crippen LogP contribution >= 0.6 is 0 Å².